The summed E-state index contributed by atoms with van der Waals surface area (Å²) in [6.45, 7) is 2.82. The molecule has 2 aromatic rings. The molecule has 0 unspecified atom stereocenters. The highest BCUT2D eigenvalue weighted by Crippen LogP contribution is 2.34. The zero-order valence-corrected chi connectivity index (χ0v) is 14.8. The van der Waals surface area contributed by atoms with Crippen LogP contribution in [0.2, 0.25) is 0 Å². The Morgan fingerprint density at radius 1 is 1.12 bits per heavy atom. The SMILES string of the molecule is O=C(CN1CCSc2ccccc21)c1c[nH]c(C(=O)N2CCCC2)c1. The number of nitrogens with zero attached hydrogens (tertiary/aromatic N) is 2. The third-order valence-electron chi connectivity index (χ3n) is 4.79. The maximum atomic E-state index is 12.7. The molecule has 1 N–H and O–H groups in total. The Morgan fingerprint density at radius 2 is 1.92 bits per heavy atom. The van der Waals surface area contributed by atoms with Gasteiger partial charge in [0.25, 0.3) is 5.91 Å². The molecular formula is C19H21N3O2S. The smallest absolute Gasteiger partial charge is 0.270 e. The maximum Gasteiger partial charge on any atom is 0.270 e. The highest BCUT2D eigenvalue weighted by molar-refractivity contribution is 7.99. The van der Waals surface area contributed by atoms with Gasteiger partial charge in [0.2, 0.25) is 0 Å². The number of amides is 1. The van der Waals surface area contributed by atoms with Crippen molar-refractivity contribution in [3.05, 3.63) is 47.8 Å². The van der Waals surface area contributed by atoms with Gasteiger partial charge in [-0.1, -0.05) is 12.1 Å². The number of aromatic nitrogens is 1. The van der Waals surface area contributed by atoms with E-state index in [2.05, 4.69) is 22.0 Å². The van der Waals surface area contributed by atoms with E-state index in [1.807, 2.05) is 28.8 Å². The lowest BCUT2D eigenvalue weighted by Crippen LogP contribution is -2.34. The number of ketones is 1. The number of H-pyrrole nitrogens is 1. The van der Waals surface area contributed by atoms with Crippen LogP contribution in [0.5, 0.6) is 0 Å². The molecule has 0 saturated carbocycles. The number of carbonyl (C=O) groups is 2. The molecule has 6 heteroatoms. The van der Waals surface area contributed by atoms with Gasteiger partial charge >= 0.3 is 0 Å². The van der Waals surface area contributed by atoms with Crippen LogP contribution in [-0.2, 0) is 0 Å². The Kier molecular flexibility index (Phi) is 4.53. The number of para-hydroxylation sites is 1. The molecule has 0 bridgehead atoms. The molecule has 0 spiro atoms. The van der Waals surface area contributed by atoms with Crippen LogP contribution in [-0.4, -0.2) is 53.5 Å². The number of hydrogen-bond acceptors (Lipinski definition) is 4. The quantitative estimate of drug-likeness (QED) is 0.857. The molecule has 1 aromatic heterocycles. The molecule has 4 rings (SSSR count). The van der Waals surface area contributed by atoms with Gasteiger partial charge in [0.05, 0.1) is 12.2 Å². The molecular weight excluding hydrogens is 334 g/mol. The summed E-state index contributed by atoms with van der Waals surface area (Å²) in [5.41, 5.74) is 2.22. The highest BCUT2D eigenvalue weighted by atomic mass is 32.2. The van der Waals surface area contributed by atoms with Gasteiger partial charge in [-0.05, 0) is 31.0 Å². The summed E-state index contributed by atoms with van der Waals surface area (Å²) in [7, 11) is 0. The van der Waals surface area contributed by atoms with Gasteiger partial charge in [0.1, 0.15) is 5.69 Å². The predicted octanol–water partition coefficient (Wildman–Crippen LogP) is 3.05. The first kappa shape index (κ1) is 16.3. The van der Waals surface area contributed by atoms with Gasteiger partial charge in [-0.25, -0.2) is 0 Å². The number of aromatic amines is 1. The number of likely N-dealkylation sites (tertiary alicyclic amines) is 1. The molecule has 0 atom stereocenters. The number of nitrogens with one attached hydrogen (secondary N) is 1. The summed E-state index contributed by atoms with van der Waals surface area (Å²) in [6.07, 6.45) is 3.78. The standard InChI is InChI=1S/C19H21N3O2S/c23-17(13-22-9-10-25-18-6-2-1-5-16(18)22)14-11-15(20-12-14)19(24)21-7-3-4-8-21/h1-2,5-6,11-12,20H,3-4,7-10,13H2. The summed E-state index contributed by atoms with van der Waals surface area (Å²) < 4.78 is 0. The zero-order valence-electron chi connectivity index (χ0n) is 14.0. The normalized spacial score (nSPS) is 16.8. The summed E-state index contributed by atoms with van der Waals surface area (Å²) in [5, 5.41) is 0. The lowest BCUT2D eigenvalue weighted by Gasteiger charge is -2.30. The molecule has 2 aliphatic heterocycles. The number of carbonyl (C=O) groups excluding carboxylic acids is 2. The van der Waals surface area contributed by atoms with Gasteiger partial charge in [0, 0.05) is 42.0 Å². The Morgan fingerprint density at radius 3 is 2.76 bits per heavy atom. The minimum atomic E-state index is -0.00346. The van der Waals surface area contributed by atoms with Crippen molar-refractivity contribution in [3.8, 4) is 0 Å². The molecule has 3 heterocycles. The Labute approximate surface area is 151 Å². The first-order valence-electron chi connectivity index (χ1n) is 8.70. The summed E-state index contributed by atoms with van der Waals surface area (Å²) in [5.74, 6) is 1.02. The minimum absolute atomic E-state index is 0.00346. The predicted molar refractivity (Wildman–Crippen MR) is 99.6 cm³/mol. The molecule has 2 aliphatic rings. The van der Waals surface area contributed by atoms with Crippen molar-refractivity contribution in [1.29, 1.82) is 0 Å². The van der Waals surface area contributed by atoms with E-state index >= 15 is 0 Å². The molecule has 130 valence electrons. The summed E-state index contributed by atoms with van der Waals surface area (Å²) >= 11 is 1.83. The fraction of sp³-hybridized carbons (Fsp3) is 0.368. The average Bonchev–Trinajstić information content (AvgIpc) is 3.33. The topological polar surface area (TPSA) is 56.4 Å². The molecule has 25 heavy (non-hydrogen) atoms. The van der Waals surface area contributed by atoms with Crippen LogP contribution in [0.3, 0.4) is 0 Å². The number of Topliss-reactive ketones (excluding diaryl/α,β-unsaturated/α-hetero) is 1. The van der Waals surface area contributed by atoms with Crippen molar-refractivity contribution in [2.75, 3.05) is 36.8 Å². The maximum absolute atomic E-state index is 12.7. The Bertz CT molecular complexity index is 795. The van der Waals surface area contributed by atoms with Crippen LogP contribution < -0.4 is 4.90 Å². The third-order valence-corrected chi connectivity index (χ3v) is 5.83. The van der Waals surface area contributed by atoms with Gasteiger partial charge in [-0.2, -0.15) is 0 Å². The fourth-order valence-corrected chi connectivity index (χ4v) is 4.48. The number of hydrogen-bond donors (Lipinski definition) is 1. The molecule has 1 amide bonds. The van der Waals surface area contributed by atoms with Crippen LogP contribution >= 0.6 is 11.8 Å². The molecule has 5 nitrogen and oxygen atoms in total. The number of fused-ring (bicyclic) bond motifs is 1. The zero-order chi connectivity index (χ0) is 17.2. The van der Waals surface area contributed by atoms with Crippen molar-refractivity contribution in [3.63, 3.8) is 0 Å². The second-order valence-electron chi connectivity index (χ2n) is 6.46. The fourth-order valence-electron chi connectivity index (χ4n) is 3.42. The summed E-state index contributed by atoms with van der Waals surface area (Å²) in [6, 6.07) is 9.90. The van der Waals surface area contributed by atoms with Crippen LogP contribution in [0.25, 0.3) is 0 Å². The molecule has 1 saturated heterocycles. The van der Waals surface area contributed by atoms with E-state index in [0.717, 1.165) is 43.9 Å². The number of benzene rings is 1. The summed E-state index contributed by atoms with van der Waals surface area (Å²) in [4.78, 5) is 33.3. The average molecular weight is 355 g/mol. The van der Waals surface area contributed by atoms with E-state index in [-0.39, 0.29) is 11.7 Å². The Balaban J connectivity index is 1.46. The van der Waals surface area contributed by atoms with Gasteiger partial charge in [-0.3, -0.25) is 9.59 Å². The van der Waals surface area contributed by atoms with E-state index in [4.69, 9.17) is 0 Å². The van der Waals surface area contributed by atoms with E-state index in [1.165, 1.54) is 4.90 Å². The van der Waals surface area contributed by atoms with Crippen molar-refractivity contribution in [2.45, 2.75) is 17.7 Å². The lowest BCUT2D eigenvalue weighted by molar-refractivity contribution is 0.0787. The van der Waals surface area contributed by atoms with E-state index in [9.17, 15) is 9.59 Å². The van der Waals surface area contributed by atoms with Crippen molar-refractivity contribution in [2.24, 2.45) is 0 Å². The number of anilines is 1. The largest absolute Gasteiger partial charge is 0.362 e. The van der Waals surface area contributed by atoms with Gasteiger partial charge < -0.3 is 14.8 Å². The second kappa shape index (κ2) is 6.96. The van der Waals surface area contributed by atoms with Crippen molar-refractivity contribution < 1.29 is 9.59 Å². The monoisotopic (exact) mass is 355 g/mol. The van der Waals surface area contributed by atoms with Gasteiger partial charge in [-0.15, -0.1) is 11.8 Å². The third kappa shape index (κ3) is 3.31. The van der Waals surface area contributed by atoms with Crippen LogP contribution in [0.1, 0.15) is 33.7 Å². The molecule has 0 aliphatic carbocycles. The first-order valence-corrected chi connectivity index (χ1v) is 9.68. The van der Waals surface area contributed by atoms with Crippen LogP contribution in [0, 0.1) is 0 Å². The molecule has 1 aromatic carbocycles. The van der Waals surface area contributed by atoms with E-state index in [1.54, 1.807) is 12.3 Å². The number of rotatable bonds is 4. The van der Waals surface area contributed by atoms with Crippen LogP contribution in [0.15, 0.2) is 41.4 Å². The minimum Gasteiger partial charge on any atom is -0.362 e. The molecule has 0 radical (unpaired) electrons. The van der Waals surface area contributed by atoms with E-state index < -0.39 is 0 Å². The Hall–Kier alpha value is -2.21. The van der Waals surface area contributed by atoms with Crippen molar-refractivity contribution in [1.82, 2.24) is 9.88 Å². The first-order chi connectivity index (χ1) is 12.2. The van der Waals surface area contributed by atoms with Gasteiger partial charge in [0.15, 0.2) is 5.78 Å². The lowest BCUT2D eigenvalue weighted by atomic mass is 10.1. The van der Waals surface area contributed by atoms with Crippen LogP contribution in [0.4, 0.5) is 5.69 Å². The molecule has 1 fully saturated rings. The van der Waals surface area contributed by atoms with Crippen molar-refractivity contribution >= 4 is 29.1 Å². The van der Waals surface area contributed by atoms with E-state index in [0.29, 0.717) is 17.8 Å². The number of thioether (sulfide) groups is 1. The highest BCUT2D eigenvalue weighted by Gasteiger charge is 2.23. The second-order valence-corrected chi connectivity index (χ2v) is 7.60.